The lowest BCUT2D eigenvalue weighted by Gasteiger charge is -2.35. The van der Waals surface area contributed by atoms with Crippen molar-refractivity contribution in [2.24, 2.45) is 11.8 Å². The van der Waals surface area contributed by atoms with Crippen LogP contribution in [0, 0.1) is 11.8 Å². The molecule has 0 aromatic rings. The van der Waals surface area contributed by atoms with E-state index < -0.39 is 12.1 Å². The highest BCUT2D eigenvalue weighted by atomic mass is 16.2. The van der Waals surface area contributed by atoms with Gasteiger partial charge < -0.3 is 25.3 Å². The lowest BCUT2D eigenvalue weighted by atomic mass is 9.88. The fraction of sp³-hybridized carbons (Fsp3) is 0.800. The van der Waals surface area contributed by atoms with Gasteiger partial charge in [0, 0.05) is 51.0 Å². The molecule has 4 heterocycles. The minimum Gasteiger partial charge on any atom is -0.351 e. The third-order valence-corrected chi connectivity index (χ3v) is 8.76. The molecule has 10 nitrogen and oxygen atoms in total. The van der Waals surface area contributed by atoms with Crippen LogP contribution < -0.4 is 10.6 Å². The Morgan fingerprint density at radius 3 is 2.31 bits per heavy atom. The Bertz CT molecular complexity index is 895. The highest BCUT2D eigenvalue weighted by Crippen LogP contribution is 2.32. The summed E-state index contributed by atoms with van der Waals surface area (Å²) in [5.41, 5.74) is 0. The van der Waals surface area contributed by atoms with Gasteiger partial charge in [-0.05, 0) is 38.5 Å². The first-order valence-corrected chi connectivity index (χ1v) is 13.3. The van der Waals surface area contributed by atoms with E-state index in [-0.39, 0.29) is 53.5 Å². The molecule has 192 valence electrons. The van der Waals surface area contributed by atoms with Crippen molar-refractivity contribution in [3.05, 3.63) is 0 Å². The van der Waals surface area contributed by atoms with Crippen molar-refractivity contribution in [1.29, 1.82) is 0 Å². The molecule has 5 fully saturated rings. The summed E-state index contributed by atoms with van der Waals surface area (Å²) in [4.78, 5) is 69.6. The molecule has 0 radical (unpaired) electrons. The van der Waals surface area contributed by atoms with Crippen LogP contribution in [0.2, 0.25) is 0 Å². The van der Waals surface area contributed by atoms with E-state index in [4.69, 9.17) is 0 Å². The van der Waals surface area contributed by atoms with Gasteiger partial charge in [0.05, 0.1) is 6.04 Å². The Hall–Kier alpha value is -2.65. The highest BCUT2D eigenvalue weighted by Gasteiger charge is 2.53. The van der Waals surface area contributed by atoms with Gasteiger partial charge in [0.2, 0.25) is 29.5 Å². The quantitative estimate of drug-likeness (QED) is 0.581. The van der Waals surface area contributed by atoms with Crippen LogP contribution in [0.25, 0.3) is 0 Å². The minimum absolute atomic E-state index is 0.0176. The van der Waals surface area contributed by atoms with Crippen molar-refractivity contribution >= 4 is 29.5 Å². The zero-order valence-electron chi connectivity index (χ0n) is 20.5. The van der Waals surface area contributed by atoms with E-state index in [0.29, 0.717) is 51.9 Å². The van der Waals surface area contributed by atoms with E-state index >= 15 is 0 Å². The van der Waals surface area contributed by atoms with E-state index in [9.17, 15) is 24.0 Å². The number of nitrogens with one attached hydrogen (secondary N) is 2. The molecule has 1 aliphatic carbocycles. The summed E-state index contributed by atoms with van der Waals surface area (Å²) in [5, 5.41) is 6.13. The van der Waals surface area contributed by atoms with Gasteiger partial charge in [-0.3, -0.25) is 24.0 Å². The molecule has 0 aromatic carbocycles. The molecule has 5 aliphatic rings. The van der Waals surface area contributed by atoms with E-state index in [1.54, 1.807) is 14.7 Å². The van der Waals surface area contributed by atoms with E-state index in [1.807, 2.05) is 0 Å². The number of likely N-dealkylation sites (tertiary alicyclic amines) is 2. The van der Waals surface area contributed by atoms with Crippen LogP contribution >= 0.6 is 0 Å². The molecule has 10 heteroatoms. The third-order valence-electron chi connectivity index (χ3n) is 8.76. The molecular formula is C25H37N5O5. The lowest BCUT2D eigenvalue weighted by Crippen LogP contribution is -2.54. The second-order valence-corrected chi connectivity index (χ2v) is 10.9. The fourth-order valence-corrected chi connectivity index (χ4v) is 6.74. The predicted octanol–water partition coefficient (Wildman–Crippen LogP) is 0.0102. The summed E-state index contributed by atoms with van der Waals surface area (Å²) < 4.78 is 0. The smallest absolute Gasteiger partial charge is 0.248 e. The first-order chi connectivity index (χ1) is 16.8. The van der Waals surface area contributed by atoms with E-state index in [2.05, 4.69) is 10.6 Å². The van der Waals surface area contributed by atoms with Crippen LogP contribution in [0.15, 0.2) is 0 Å². The Labute approximate surface area is 206 Å². The monoisotopic (exact) mass is 487 g/mol. The second kappa shape index (κ2) is 9.78. The number of carbonyl (C=O) groups excluding carboxylic acids is 5. The Balaban J connectivity index is 1.25. The van der Waals surface area contributed by atoms with Crippen LogP contribution in [0.4, 0.5) is 0 Å². The van der Waals surface area contributed by atoms with Crippen molar-refractivity contribution in [3.8, 4) is 0 Å². The first-order valence-electron chi connectivity index (χ1n) is 13.3. The summed E-state index contributed by atoms with van der Waals surface area (Å²) in [6.45, 7) is 3.38. The number of nitrogens with zero attached hydrogens (tertiary/aromatic N) is 3. The number of piperidine rings is 1. The maximum absolute atomic E-state index is 13.7. The van der Waals surface area contributed by atoms with E-state index in [1.165, 1.54) is 13.3 Å². The average Bonchev–Trinajstić information content (AvgIpc) is 3.46. The highest BCUT2D eigenvalue weighted by molar-refractivity contribution is 5.97. The Kier molecular flexibility index (Phi) is 6.72. The summed E-state index contributed by atoms with van der Waals surface area (Å²) in [6.07, 6.45) is 7.26. The normalized spacial score (nSPS) is 32.1. The van der Waals surface area contributed by atoms with Crippen molar-refractivity contribution in [2.45, 2.75) is 88.9 Å². The molecule has 4 saturated heterocycles. The van der Waals surface area contributed by atoms with Gasteiger partial charge in [0.1, 0.15) is 12.1 Å². The zero-order valence-corrected chi connectivity index (χ0v) is 20.5. The minimum atomic E-state index is -0.699. The van der Waals surface area contributed by atoms with Gasteiger partial charge in [-0.2, -0.15) is 0 Å². The average molecular weight is 488 g/mol. The summed E-state index contributed by atoms with van der Waals surface area (Å²) in [6, 6.07) is -1.94. The number of hydrogen-bond acceptors (Lipinski definition) is 5. The van der Waals surface area contributed by atoms with Gasteiger partial charge in [0.25, 0.3) is 0 Å². The standard InChI is InChI=1S/C25H37N5O5/c1-15(31)28-10-7-17(8-11-28)24(34)29-12-9-19-21(29)25(35)30-14-18(13-20(30)23(33)27-19)26-22(32)16-5-3-2-4-6-16/h16-21H,2-14H2,1H3,(H,26,32)(H,27,33)/t18-,19-,20+,21-/m0/s1. The molecule has 35 heavy (non-hydrogen) atoms. The fourth-order valence-electron chi connectivity index (χ4n) is 6.74. The number of amides is 5. The van der Waals surface area contributed by atoms with Crippen LogP contribution in [-0.2, 0) is 24.0 Å². The molecular weight excluding hydrogens is 450 g/mol. The zero-order chi connectivity index (χ0) is 24.7. The summed E-state index contributed by atoms with van der Waals surface area (Å²) in [7, 11) is 0. The molecule has 5 amide bonds. The van der Waals surface area contributed by atoms with Gasteiger partial charge >= 0.3 is 0 Å². The van der Waals surface area contributed by atoms with Crippen molar-refractivity contribution in [2.75, 3.05) is 26.2 Å². The van der Waals surface area contributed by atoms with Gasteiger partial charge in [-0.15, -0.1) is 0 Å². The predicted molar refractivity (Wildman–Crippen MR) is 126 cm³/mol. The van der Waals surface area contributed by atoms with Crippen LogP contribution in [-0.4, -0.2) is 94.6 Å². The van der Waals surface area contributed by atoms with Crippen LogP contribution in [0.3, 0.4) is 0 Å². The number of hydrogen-bond donors (Lipinski definition) is 2. The first kappa shape index (κ1) is 24.1. The molecule has 1 saturated carbocycles. The Morgan fingerprint density at radius 2 is 1.63 bits per heavy atom. The molecule has 0 spiro atoms. The molecule has 0 aromatic heterocycles. The SMILES string of the molecule is CC(=O)N1CCC(C(=O)N2CC[C@@H]3NC(=O)[C@H]4C[C@H](NC(=O)C5CCCCC5)CN4C(=O)[C@H]32)CC1. The molecule has 0 unspecified atom stereocenters. The van der Waals surface area contributed by atoms with Crippen molar-refractivity contribution < 1.29 is 24.0 Å². The maximum Gasteiger partial charge on any atom is 0.248 e. The number of carbonyl (C=O) groups is 5. The topological polar surface area (TPSA) is 119 Å². The molecule has 5 rings (SSSR count). The summed E-state index contributed by atoms with van der Waals surface area (Å²) >= 11 is 0. The second-order valence-electron chi connectivity index (χ2n) is 10.9. The van der Waals surface area contributed by atoms with Crippen molar-refractivity contribution in [1.82, 2.24) is 25.3 Å². The van der Waals surface area contributed by atoms with Crippen molar-refractivity contribution in [3.63, 3.8) is 0 Å². The van der Waals surface area contributed by atoms with E-state index in [0.717, 1.165) is 25.7 Å². The Morgan fingerprint density at radius 1 is 0.914 bits per heavy atom. The maximum atomic E-state index is 13.7. The molecule has 0 bridgehead atoms. The number of fused-ring (bicyclic) bond motifs is 2. The number of rotatable bonds is 3. The third kappa shape index (κ3) is 4.63. The largest absolute Gasteiger partial charge is 0.351 e. The molecule has 4 aliphatic heterocycles. The van der Waals surface area contributed by atoms with Gasteiger partial charge in [0.15, 0.2) is 0 Å². The van der Waals surface area contributed by atoms with Crippen LogP contribution in [0.5, 0.6) is 0 Å². The molecule has 2 N–H and O–H groups in total. The molecule has 4 atom stereocenters. The lowest BCUT2D eigenvalue weighted by molar-refractivity contribution is -0.148. The van der Waals surface area contributed by atoms with Crippen LogP contribution in [0.1, 0.15) is 64.7 Å². The van der Waals surface area contributed by atoms with Gasteiger partial charge in [-0.1, -0.05) is 19.3 Å². The summed E-state index contributed by atoms with van der Waals surface area (Å²) in [5.74, 6) is -0.577. The van der Waals surface area contributed by atoms with Gasteiger partial charge in [-0.25, -0.2) is 0 Å².